The first-order valence-electron chi connectivity index (χ1n) is 8.85. The van der Waals surface area contributed by atoms with E-state index >= 15 is 0 Å². The van der Waals surface area contributed by atoms with E-state index in [9.17, 15) is 13.2 Å². The summed E-state index contributed by atoms with van der Waals surface area (Å²) in [6.45, 7) is 6.39. The van der Waals surface area contributed by atoms with Gasteiger partial charge >= 0.3 is 0 Å². The maximum atomic E-state index is 12.7. The number of nitrogens with zero attached hydrogens (tertiary/aromatic N) is 4. The van der Waals surface area contributed by atoms with Gasteiger partial charge in [0.05, 0.1) is 18.1 Å². The van der Waals surface area contributed by atoms with Gasteiger partial charge in [0.25, 0.3) is 0 Å². The average Bonchev–Trinajstić information content (AvgIpc) is 3.15. The third-order valence-electron chi connectivity index (χ3n) is 4.95. The van der Waals surface area contributed by atoms with Gasteiger partial charge in [0.1, 0.15) is 0 Å². The maximum Gasteiger partial charge on any atom is 0.237 e. The number of thiazole rings is 1. The van der Waals surface area contributed by atoms with Crippen LogP contribution in [0.4, 0.5) is 5.13 Å². The SMILES string of the molecule is CCN(C(=O)CN1CCCN(c2nccs2)CC1)C1CCS(=O)(=O)C1. The zero-order valence-electron chi connectivity index (χ0n) is 14.6. The Labute approximate surface area is 153 Å². The molecule has 0 radical (unpaired) electrons. The van der Waals surface area contributed by atoms with E-state index < -0.39 is 9.84 Å². The highest BCUT2D eigenvalue weighted by atomic mass is 32.2. The van der Waals surface area contributed by atoms with Crippen molar-refractivity contribution in [3.63, 3.8) is 0 Å². The first-order valence-corrected chi connectivity index (χ1v) is 11.6. The highest BCUT2D eigenvalue weighted by Crippen LogP contribution is 2.20. The van der Waals surface area contributed by atoms with Crippen LogP contribution in [0, 0.1) is 0 Å². The molecule has 0 saturated carbocycles. The van der Waals surface area contributed by atoms with Crippen molar-refractivity contribution in [2.24, 2.45) is 0 Å². The fourth-order valence-corrected chi connectivity index (χ4v) is 6.06. The topological polar surface area (TPSA) is 73.8 Å². The molecule has 0 N–H and O–H groups in total. The van der Waals surface area contributed by atoms with Crippen molar-refractivity contribution in [3.05, 3.63) is 11.6 Å². The Balaban J connectivity index is 1.55. The molecule has 1 unspecified atom stereocenters. The Bertz CT molecular complexity index is 678. The van der Waals surface area contributed by atoms with Crippen LogP contribution in [0.5, 0.6) is 0 Å². The van der Waals surface area contributed by atoms with E-state index in [0.29, 0.717) is 19.5 Å². The van der Waals surface area contributed by atoms with E-state index in [1.807, 2.05) is 18.5 Å². The molecule has 3 heterocycles. The van der Waals surface area contributed by atoms with E-state index in [4.69, 9.17) is 0 Å². The number of hydrogen-bond donors (Lipinski definition) is 0. The summed E-state index contributed by atoms with van der Waals surface area (Å²) in [5.74, 6) is 0.366. The molecular formula is C16H26N4O3S2. The largest absolute Gasteiger partial charge is 0.347 e. The molecule has 7 nitrogen and oxygen atoms in total. The van der Waals surface area contributed by atoms with Gasteiger partial charge in [0, 0.05) is 50.3 Å². The second kappa shape index (κ2) is 8.01. The summed E-state index contributed by atoms with van der Waals surface area (Å²) >= 11 is 1.64. The minimum absolute atomic E-state index is 0.0484. The number of carbonyl (C=O) groups is 1. The quantitative estimate of drug-likeness (QED) is 0.741. The number of rotatable bonds is 5. The standard InChI is InChI=1S/C16H26N4O3S2/c1-2-20(14-4-11-25(22,23)13-14)15(21)12-18-6-3-7-19(9-8-18)16-17-5-10-24-16/h5,10,14H,2-4,6-9,11-13H2,1H3. The highest BCUT2D eigenvalue weighted by molar-refractivity contribution is 7.91. The van der Waals surface area contributed by atoms with Crippen LogP contribution in [-0.4, -0.2) is 85.9 Å². The van der Waals surface area contributed by atoms with E-state index in [-0.39, 0.29) is 23.5 Å². The van der Waals surface area contributed by atoms with Crippen molar-refractivity contribution >= 4 is 32.2 Å². The van der Waals surface area contributed by atoms with Crippen LogP contribution in [-0.2, 0) is 14.6 Å². The Morgan fingerprint density at radius 2 is 2.20 bits per heavy atom. The van der Waals surface area contributed by atoms with Gasteiger partial charge in [-0.25, -0.2) is 13.4 Å². The van der Waals surface area contributed by atoms with Crippen LogP contribution in [0.3, 0.4) is 0 Å². The van der Waals surface area contributed by atoms with Crippen LogP contribution < -0.4 is 4.90 Å². The van der Waals surface area contributed by atoms with Crippen molar-refractivity contribution in [1.82, 2.24) is 14.8 Å². The molecule has 2 aliphatic heterocycles. The van der Waals surface area contributed by atoms with Crippen LogP contribution in [0.25, 0.3) is 0 Å². The monoisotopic (exact) mass is 386 g/mol. The van der Waals surface area contributed by atoms with Crippen LogP contribution in [0.15, 0.2) is 11.6 Å². The van der Waals surface area contributed by atoms with Gasteiger partial charge in [-0.1, -0.05) is 0 Å². The van der Waals surface area contributed by atoms with E-state index in [2.05, 4.69) is 14.8 Å². The Morgan fingerprint density at radius 1 is 1.36 bits per heavy atom. The third-order valence-corrected chi connectivity index (χ3v) is 7.53. The molecule has 140 valence electrons. The molecule has 0 spiro atoms. The number of amides is 1. The Kier molecular flexibility index (Phi) is 5.96. The molecule has 25 heavy (non-hydrogen) atoms. The third kappa shape index (κ3) is 4.71. The van der Waals surface area contributed by atoms with E-state index in [1.54, 1.807) is 16.2 Å². The van der Waals surface area contributed by atoms with E-state index in [1.165, 1.54) is 0 Å². The number of anilines is 1. The van der Waals surface area contributed by atoms with Gasteiger partial charge < -0.3 is 9.80 Å². The van der Waals surface area contributed by atoms with Gasteiger partial charge in [0.15, 0.2) is 15.0 Å². The fourth-order valence-electron chi connectivity index (χ4n) is 3.63. The molecule has 0 aliphatic carbocycles. The van der Waals surface area contributed by atoms with Crippen molar-refractivity contribution in [2.45, 2.75) is 25.8 Å². The second-order valence-corrected chi connectivity index (χ2v) is 9.77. The van der Waals surface area contributed by atoms with E-state index in [0.717, 1.165) is 37.7 Å². The predicted octanol–water partition coefficient (Wildman–Crippen LogP) is 0.691. The normalized spacial score (nSPS) is 24.2. The zero-order chi connectivity index (χ0) is 17.9. The van der Waals surface area contributed by atoms with Crippen molar-refractivity contribution < 1.29 is 13.2 Å². The summed E-state index contributed by atoms with van der Waals surface area (Å²) in [5, 5.41) is 3.02. The molecule has 0 bridgehead atoms. The van der Waals surface area contributed by atoms with Crippen molar-refractivity contribution in [2.75, 3.05) is 55.7 Å². The second-order valence-electron chi connectivity index (χ2n) is 6.67. The smallest absolute Gasteiger partial charge is 0.237 e. The van der Waals surface area contributed by atoms with Crippen LogP contribution >= 0.6 is 11.3 Å². The minimum atomic E-state index is -2.98. The molecule has 1 aromatic rings. The Hall–Kier alpha value is -1.19. The average molecular weight is 387 g/mol. The lowest BCUT2D eigenvalue weighted by molar-refractivity contribution is -0.134. The number of sulfone groups is 1. The molecule has 3 rings (SSSR count). The van der Waals surface area contributed by atoms with Crippen molar-refractivity contribution in [3.8, 4) is 0 Å². The summed E-state index contributed by atoms with van der Waals surface area (Å²) in [6, 6.07) is -0.152. The number of likely N-dealkylation sites (N-methyl/N-ethyl adjacent to an activating group) is 1. The molecule has 0 aromatic carbocycles. The summed E-state index contributed by atoms with van der Waals surface area (Å²) in [5.41, 5.74) is 0. The molecule has 1 amide bonds. The van der Waals surface area contributed by atoms with Gasteiger partial charge in [-0.2, -0.15) is 0 Å². The number of carbonyl (C=O) groups excluding carboxylic acids is 1. The van der Waals surface area contributed by atoms with Crippen LogP contribution in [0.2, 0.25) is 0 Å². The first kappa shape index (κ1) is 18.6. The molecule has 1 aromatic heterocycles. The van der Waals surface area contributed by atoms with Crippen molar-refractivity contribution in [1.29, 1.82) is 0 Å². The lowest BCUT2D eigenvalue weighted by atomic mass is 10.2. The summed E-state index contributed by atoms with van der Waals surface area (Å²) in [7, 11) is -2.98. The predicted molar refractivity (Wildman–Crippen MR) is 99.8 cm³/mol. The van der Waals surface area contributed by atoms with Gasteiger partial charge in [-0.3, -0.25) is 9.69 Å². The molecule has 1 atom stereocenters. The molecular weight excluding hydrogens is 360 g/mol. The number of aromatic nitrogens is 1. The van der Waals surface area contributed by atoms with Gasteiger partial charge in [-0.05, 0) is 19.8 Å². The van der Waals surface area contributed by atoms with Crippen LogP contribution in [0.1, 0.15) is 19.8 Å². The first-order chi connectivity index (χ1) is 12.0. The van der Waals surface area contributed by atoms with Gasteiger partial charge in [-0.15, -0.1) is 11.3 Å². The zero-order valence-corrected chi connectivity index (χ0v) is 16.3. The molecule has 2 aliphatic rings. The number of hydrogen-bond acceptors (Lipinski definition) is 7. The maximum absolute atomic E-state index is 12.7. The summed E-state index contributed by atoms with van der Waals surface area (Å²) < 4.78 is 23.4. The molecule has 2 fully saturated rings. The molecule has 9 heteroatoms. The lowest BCUT2D eigenvalue weighted by Gasteiger charge is -2.29. The Morgan fingerprint density at radius 3 is 2.84 bits per heavy atom. The lowest BCUT2D eigenvalue weighted by Crippen LogP contribution is -2.46. The summed E-state index contributed by atoms with van der Waals surface area (Å²) in [4.78, 5) is 23.3. The fraction of sp³-hybridized carbons (Fsp3) is 0.750. The summed E-state index contributed by atoms with van der Waals surface area (Å²) in [6.07, 6.45) is 3.39. The minimum Gasteiger partial charge on any atom is -0.347 e. The molecule has 2 saturated heterocycles. The van der Waals surface area contributed by atoms with Gasteiger partial charge in [0.2, 0.25) is 5.91 Å². The highest BCUT2D eigenvalue weighted by Gasteiger charge is 2.34.